The highest BCUT2D eigenvalue weighted by Gasteiger charge is 2.01. The second-order valence-electron chi connectivity index (χ2n) is 3.28. The van der Waals surface area contributed by atoms with E-state index in [1.165, 1.54) is 0 Å². The van der Waals surface area contributed by atoms with Gasteiger partial charge in [0.05, 0.1) is 6.61 Å². The number of carbonyl (C=O) groups excluding carboxylic acids is 1. The molecule has 0 spiro atoms. The molecule has 0 bridgehead atoms. The zero-order valence-corrected chi connectivity index (χ0v) is 9.84. The standard InChI is InChI=1S/C10H22N2O3/c1-4-15-10(13)12-7-6-11-9(2)5-8-14-3/h9,11H,4-8H2,1-3H3,(H,12,13). The number of hydrogen-bond acceptors (Lipinski definition) is 4. The fraction of sp³-hybridized carbons (Fsp3) is 0.900. The van der Waals surface area contributed by atoms with Crippen LogP contribution in [0.25, 0.3) is 0 Å². The van der Waals surface area contributed by atoms with Crippen LogP contribution in [0.4, 0.5) is 4.79 Å². The third-order valence-electron chi connectivity index (χ3n) is 1.92. The van der Waals surface area contributed by atoms with E-state index in [0.29, 0.717) is 19.2 Å². The summed E-state index contributed by atoms with van der Waals surface area (Å²) in [6, 6.07) is 0.397. The number of hydrogen-bond donors (Lipinski definition) is 2. The average Bonchev–Trinajstić information content (AvgIpc) is 2.22. The van der Waals surface area contributed by atoms with Crippen LogP contribution in [0.3, 0.4) is 0 Å². The first-order valence-corrected chi connectivity index (χ1v) is 5.33. The van der Waals surface area contributed by atoms with Crippen LogP contribution < -0.4 is 10.6 Å². The van der Waals surface area contributed by atoms with Crippen LogP contribution >= 0.6 is 0 Å². The molecule has 2 N–H and O–H groups in total. The molecule has 0 aromatic heterocycles. The van der Waals surface area contributed by atoms with Crippen LogP contribution in [0.1, 0.15) is 20.3 Å². The third-order valence-corrected chi connectivity index (χ3v) is 1.92. The number of ether oxygens (including phenoxy) is 2. The summed E-state index contributed by atoms with van der Waals surface area (Å²) >= 11 is 0. The molecule has 0 aromatic carbocycles. The van der Waals surface area contributed by atoms with Crippen LogP contribution in [0.5, 0.6) is 0 Å². The summed E-state index contributed by atoms with van der Waals surface area (Å²) in [5, 5.41) is 5.90. The molecule has 0 aliphatic heterocycles. The molecule has 0 aliphatic carbocycles. The second-order valence-corrected chi connectivity index (χ2v) is 3.28. The second kappa shape index (κ2) is 9.73. The lowest BCUT2D eigenvalue weighted by atomic mass is 10.2. The Morgan fingerprint density at radius 1 is 1.40 bits per heavy atom. The minimum Gasteiger partial charge on any atom is -0.450 e. The van der Waals surface area contributed by atoms with Gasteiger partial charge < -0.3 is 20.1 Å². The van der Waals surface area contributed by atoms with Gasteiger partial charge in [0.1, 0.15) is 0 Å². The highest BCUT2D eigenvalue weighted by atomic mass is 16.5. The number of carbonyl (C=O) groups is 1. The molecule has 0 heterocycles. The molecule has 1 amide bonds. The molecular weight excluding hydrogens is 196 g/mol. The lowest BCUT2D eigenvalue weighted by Gasteiger charge is -2.13. The molecule has 0 saturated carbocycles. The molecule has 0 rings (SSSR count). The lowest BCUT2D eigenvalue weighted by Crippen LogP contribution is -2.36. The number of alkyl carbamates (subject to hydrolysis) is 1. The number of rotatable bonds is 8. The molecule has 0 radical (unpaired) electrons. The first kappa shape index (κ1) is 14.2. The Hall–Kier alpha value is -0.810. The van der Waals surface area contributed by atoms with E-state index in [1.54, 1.807) is 14.0 Å². The maximum Gasteiger partial charge on any atom is 0.407 e. The Balaban J connectivity index is 3.26. The van der Waals surface area contributed by atoms with Gasteiger partial charge >= 0.3 is 6.09 Å². The zero-order chi connectivity index (χ0) is 11.5. The van der Waals surface area contributed by atoms with Crippen molar-refractivity contribution in [3.05, 3.63) is 0 Å². The smallest absolute Gasteiger partial charge is 0.407 e. The molecule has 0 saturated heterocycles. The van der Waals surface area contributed by atoms with Crippen molar-refractivity contribution in [3.8, 4) is 0 Å². The van der Waals surface area contributed by atoms with Crippen LogP contribution in [0.15, 0.2) is 0 Å². The molecule has 0 aromatic rings. The van der Waals surface area contributed by atoms with Crippen LogP contribution in [0, 0.1) is 0 Å². The summed E-state index contributed by atoms with van der Waals surface area (Å²) in [6.07, 6.45) is 0.611. The van der Waals surface area contributed by atoms with Crippen molar-refractivity contribution in [2.24, 2.45) is 0 Å². The molecule has 1 unspecified atom stereocenters. The van der Waals surface area contributed by atoms with E-state index >= 15 is 0 Å². The molecule has 0 aliphatic rings. The maximum atomic E-state index is 10.9. The fourth-order valence-electron chi connectivity index (χ4n) is 1.06. The van der Waals surface area contributed by atoms with E-state index in [0.717, 1.165) is 19.6 Å². The van der Waals surface area contributed by atoms with Crippen LogP contribution in [0.2, 0.25) is 0 Å². The first-order chi connectivity index (χ1) is 7.20. The zero-order valence-electron chi connectivity index (χ0n) is 9.84. The quantitative estimate of drug-likeness (QED) is 0.590. The van der Waals surface area contributed by atoms with Gasteiger partial charge in [0.2, 0.25) is 0 Å². The third kappa shape index (κ3) is 9.49. The van der Waals surface area contributed by atoms with E-state index in [2.05, 4.69) is 17.6 Å². The van der Waals surface area contributed by atoms with Gasteiger partial charge in [-0.2, -0.15) is 0 Å². The van der Waals surface area contributed by atoms with Gasteiger partial charge in [-0.1, -0.05) is 0 Å². The first-order valence-electron chi connectivity index (χ1n) is 5.33. The number of nitrogens with one attached hydrogen (secondary N) is 2. The van der Waals surface area contributed by atoms with Crippen LogP contribution in [-0.4, -0.2) is 45.5 Å². The van der Waals surface area contributed by atoms with E-state index in [-0.39, 0.29) is 6.09 Å². The molecule has 0 fully saturated rings. The Labute approximate surface area is 91.5 Å². The van der Waals surface area contributed by atoms with Crippen molar-refractivity contribution >= 4 is 6.09 Å². The predicted octanol–water partition coefficient (Wildman–Crippen LogP) is 0.747. The van der Waals surface area contributed by atoms with E-state index in [1.807, 2.05) is 0 Å². The van der Waals surface area contributed by atoms with Crippen molar-refractivity contribution < 1.29 is 14.3 Å². The molecule has 15 heavy (non-hydrogen) atoms. The van der Waals surface area contributed by atoms with Crippen molar-refractivity contribution in [1.82, 2.24) is 10.6 Å². The van der Waals surface area contributed by atoms with Crippen molar-refractivity contribution in [3.63, 3.8) is 0 Å². The fourth-order valence-corrected chi connectivity index (χ4v) is 1.06. The van der Waals surface area contributed by atoms with Gasteiger partial charge in [0.15, 0.2) is 0 Å². The van der Waals surface area contributed by atoms with E-state index < -0.39 is 0 Å². The van der Waals surface area contributed by atoms with Crippen molar-refractivity contribution in [2.75, 3.05) is 33.4 Å². The van der Waals surface area contributed by atoms with Gasteiger partial charge in [0, 0.05) is 32.8 Å². The SMILES string of the molecule is CCOC(=O)NCCNC(C)CCOC. The van der Waals surface area contributed by atoms with Gasteiger partial charge in [-0.15, -0.1) is 0 Å². The highest BCUT2D eigenvalue weighted by Crippen LogP contribution is 1.89. The van der Waals surface area contributed by atoms with Gasteiger partial charge in [-0.25, -0.2) is 4.79 Å². The van der Waals surface area contributed by atoms with E-state index in [9.17, 15) is 4.79 Å². The maximum absolute atomic E-state index is 10.9. The monoisotopic (exact) mass is 218 g/mol. The van der Waals surface area contributed by atoms with Gasteiger partial charge in [-0.05, 0) is 20.3 Å². The van der Waals surface area contributed by atoms with Gasteiger partial charge in [-0.3, -0.25) is 0 Å². The molecule has 1 atom stereocenters. The largest absolute Gasteiger partial charge is 0.450 e. The molecule has 90 valence electrons. The van der Waals surface area contributed by atoms with Crippen LogP contribution in [-0.2, 0) is 9.47 Å². The van der Waals surface area contributed by atoms with Crippen molar-refractivity contribution in [2.45, 2.75) is 26.3 Å². The topological polar surface area (TPSA) is 59.6 Å². The van der Waals surface area contributed by atoms with E-state index in [4.69, 9.17) is 9.47 Å². The van der Waals surface area contributed by atoms with Gasteiger partial charge in [0.25, 0.3) is 0 Å². The Bertz CT molecular complexity index is 165. The summed E-state index contributed by atoms with van der Waals surface area (Å²) in [6.45, 7) is 6.34. The Morgan fingerprint density at radius 2 is 2.13 bits per heavy atom. The Morgan fingerprint density at radius 3 is 2.73 bits per heavy atom. The Kier molecular flexibility index (Phi) is 9.21. The molecular formula is C10H22N2O3. The summed E-state index contributed by atoms with van der Waals surface area (Å²) in [5.41, 5.74) is 0. The molecule has 5 heteroatoms. The predicted molar refractivity (Wildman–Crippen MR) is 59.0 cm³/mol. The summed E-state index contributed by atoms with van der Waals surface area (Å²) < 4.78 is 9.68. The normalized spacial score (nSPS) is 12.2. The minimum absolute atomic E-state index is 0.358. The highest BCUT2D eigenvalue weighted by molar-refractivity contribution is 5.66. The summed E-state index contributed by atoms with van der Waals surface area (Å²) in [4.78, 5) is 10.9. The average molecular weight is 218 g/mol. The number of amides is 1. The minimum atomic E-state index is -0.358. The number of methoxy groups -OCH3 is 1. The summed E-state index contributed by atoms with van der Waals surface area (Å²) in [7, 11) is 1.69. The lowest BCUT2D eigenvalue weighted by molar-refractivity contribution is 0.152. The van der Waals surface area contributed by atoms with Crippen molar-refractivity contribution in [1.29, 1.82) is 0 Å². The molecule has 5 nitrogen and oxygen atoms in total. The summed E-state index contributed by atoms with van der Waals surface area (Å²) in [5.74, 6) is 0.